The summed E-state index contributed by atoms with van der Waals surface area (Å²) in [7, 11) is 1.63. The molecule has 0 bridgehead atoms. The maximum atomic E-state index is 9.48. The van der Waals surface area contributed by atoms with E-state index in [0.29, 0.717) is 19.4 Å². The Morgan fingerprint density at radius 3 is 2.94 bits per heavy atom. The van der Waals surface area contributed by atoms with Crippen molar-refractivity contribution >= 4 is 5.69 Å². The van der Waals surface area contributed by atoms with Crippen LogP contribution in [0.4, 0.5) is 5.69 Å². The summed E-state index contributed by atoms with van der Waals surface area (Å²) in [4.78, 5) is 0. The van der Waals surface area contributed by atoms with Crippen molar-refractivity contribution < 1.29 is 9.47 Å². The van der Waals surface area contributed by atoms with Crippen LogP contribution in [-0.4, -0.2) is 25.4 Å². The van der Waals surface area contributed by atoms with E-state index in [2.05, 4.69) is 11.4 Å². The molecule has 18 heavy (non-hydrogen) atoms. The molecule has 1 heterocycles. The first-order chi connectivity index (χ1) is 8.69. The van der Waals surface area contributed by atoms with E-state index in [1.54, 1.807) is 7.11 Å². The summed E-state index contributed by atoms with van der Waals surface area (Å²) in [5.74, 6) is 0.756. The predicted molar refractivity (Wildman–Crippen MR) is 69.6 cm³/mol. The van der Waals surface area contributed by atoms with Gasteiger partial charge in [0, 0.05) is 12.8 Å². The monoisotopic (exact) mass is 246 g/mol. The second-order valence-electron chi connectivity index (χ2n) is 4.65. The number of nitrogens with zero attached hydrogens (tertiary/aromatic N) is 1. The topological polar surface area (TPSA) is 54.3 Å². The van der Waals surface area contributed by atoms with Crippen molar-refractivity contribution in [3.63, 3.8) is 0 Å². The van der Waals surface area contributed by atoms with Gasteiger partial charge < -0.3 is 14.8 Å². The average molecular weight is 246 g/mol. The number of benzene rings is 1. The van der Waals surface area contributed by atoms with Gasteiger partial charge in [-0.1, -0.05) is 12.1 Å². The van der Waals surface area contributed by atoms with Crippen LogP contribution >= 0.6 is 0 Å². The molecule has 1 aliphatic heterocycles. The van der Waals surface area contributed by atoms with Crippen LogP contribution in [0, 0.1) is 11.3 Å². The lowest BCUT2D eigenvalue weighted by Gasteiger charge is -2.36. The number of anilines is 1. The number of para-hydroxylation sites is 2. The van der Waals surface area contributed by atoms with Crippen molar-refractivity contribution in [1.82, 2.24) is 0 Å². The second kappa shape index (κ2) is 5.28. The minimum absolute atomic E-state index is 0.0978. The molecule has 0 amide bonds. The fourth-order valence-electron chi connectivity index (χ4n) is 2.33. The van der Waals surface area contributed by atoms with Crippen molar-refractivity contribution in [1.29, 1.82) is 5.26 Å². The highest BCUT2D eigenvalue weighted by Gasteiger charge is 2.36. The number of hydrogen-bond donors (Lipinski definition) is 1. The van der Waals surface area contributed by atoms with Crippen molar-refractivity contribution in [2.24, 2.45) is 0 Å². The molecule has 0 aliphatic carbocycles. The van der Waals surface area contributed by atoms with Gasteiger partial charge in [0.05, 0.1) is 31.6 Å². The SMILES string of the molecule is COc1ccccc1NC1(C#N)CCOC(C)C1. The molecule has 1 fully saturated rings. The molecular formula is C14H18N2O2. The van der Waals surface area contributed by atoms with Crippen molar-refractivity contribution in [2.75, 3.05) is 19.0 Å². The Balaban J connectivity index is 2.22. The number of ether oxygens (including phenoxy) is 2. The van der Waals surface area contributed by atoms with Crippen LogP contribution in [0.1, 0.15) is 19.8 Å². The first-order valence-electron chi connectivity index (χ1n) is 6.13. The zero-order valence-corrected chi connectivity index (χ0v) is 10.8. The molecule has 2 unspecified atom stereocenters. The Morgan fingerprint density at radius 2 is 2.28 bits per heavy atom. The molecular weight excluding hydrogens is 228 g/mol. The summed E-state index contributed by atoms with van der Waals surface area (Å²) >= 11 is 0. The van der Waals surface area contributed by atoms with E-state index >= 15 is 0 Å². The highest BCUT2D eigenvalue weighted by Crippen LogP contribution is 2.32. The van der Waals surface area contributed by atoms with E-state index < -0.39 is 5.54 Å². The molecule has 0 spiro atoms. The van der Waals surface area contributed by atoms with Gasteiger partial charge in [0.2, 0.25) is 0 Å². The van der Waals surface area contributed by atoms with Gasteiger partial charge >= 0.3 is 0 Å². The fraction of sp³-hybridized carbons (Fsp3) is 0.500. The molecule has 0 saturated carbocycles. The van der Waals surface area contributed by atoms with Gasteiger partial charge in [-0.25, -0.2) is 0 Å². The fourth-order valence-corrected chi connectivity index (χ4v) is 2.33. The molecule has 4 heteroatoms. The van der Waals surface area contributed by atoms with Crippen molar-refractivity contribution in [2.45, 2.75) is 31.4 Å². The lowest BCUT2D eigenvalue weighted by Crippen LogP contribution is -2.45. The van der Waals surface area contributed by atoms with Gasteiger partial charge in [0.15, 0.2) is 0 Å². The summed E-state index contributed by atoms with van der Waals surface area (Å²) < 4.78 is 10.8. The number of rotatable bonds is 3. The standard InChI is InChI=1S/C14H18N2O2/c1-11-9-14(10-15,7-8-18-11)16-12-5-3-4-6-13(12)17-2/h3-6,11,16H,7-9H2,1-2H3. The summed E-state index contributed by atoms with van der Waals surface area (Å²) in [5, 5.41) is 12.8. The molecule has 0 radical (unpaired) electrons. The third-order valence-electron chi connectivity index (χ3n) is 3.26. The molecule has 96 valence electrons. The zero-order valence-electron chi connectivity index (χ0n) is 10.8. The zero-order chi connectivity index (χ0) is 13.0. The van der Waals surface area contributed by atoms with Crippen LogP contribution in [-0.2, 0) is 4.74 Å². The lowest BCUT2D eigenvalue weighted by molar-refractivity contribution is 0.0103. The molecule has 1 aliphatic rings. The predicted octanol–water partition coefficient (Wildman–Crippen LogP) is 2.57. The number of hydrogen-bond acceptors (Lipinski definition) is 4. The Bertz CT molecular complexity index is 455. The number of nitrogens with one attached hydrogen (secondary N) is 1. The van der Waals surface area contributed by atoms with Crippen LogP contribution in [0.25, 0.3) is 0 Å². The molecule has 2 rings (SSSR count). The molecule has 1 aromatic carbocycles. The van der Waals surface area contributed by atoms with Crippen LogP contribution in [0.2, 0.25) is 0 Å². The molecule has 1 aromatic rings. The molecule has 4 nitrogen and oxygen atoms in total. The van der Waals surface area contributed by atoms with Gasteiger partial charge in [-0.2, -0.15) is 5.26 Å². The van der Waals surface area contributed by atoms with E-state index in [1.165, 1.54) is 0 Å². The maximum absolute atomic E-state index is 9.48. The summed E-state index contributed by atoms with van der Waals surface area (Å²) in [6.45, 7) is 2.60. The quantitative estimate of drug-likeness (QED) is 0.890. The Hall–Kier alpha value is -1.73. The first-order valence-corrected chi connectivity index (χ1v) is 6.13. The molecule has 0 aromatic heterocycles. The molecule has 1 saturated heterocycles. The lowest BCUT2D eigenvalue weighted by atomic mass is 9.88. The van der Waals surface area contributed by atoms with Gasteiger partial charge in [0.25, 0.3) is 0 Å². The Kier molecular flexibility index (Phi) is 3.73. The maximum Gasteiger partial charge on any atom is 0.141 e. The third kappa shape index (κ3) is 2.57. The van der Waals surface area contributed by atoms with Crippen LogP contribution in [0.15, 0.2) is 24.3 Å². The average Bonchev–Trinajstić information content (AvgIpc) is 2.39. The molecule has 1 N–H and O–H groups in total. The Labute approximate surface area is 108 Å². The highest BCUT2D eigenvalue weighted by molar-refractivity contribution is 5.59. The number of methoxy groups -OCH3 is 1. The smallest absolute Gasteiger partial charge is 0.141 e. The van der Waals surface area contributed by atoms with Gasteiger partial charge in [-0.15, -0.1) is 0 Å². The van der Waals surface area contributed by atoms with E-state index in [4.69, 9.17) is 9.47 Å². The van der Waals surface area contributed by atoms with E-state index in [1.807, 2.05) is 31.2 Å². The van der Waals surface area contributed by atoms with Crippen LogP contribution < -0.4 is 10.1 Å². The summed E-state index contributed by atoms with van der Waals surface area (Å²) in [6, 6.07) is 10.1. The van der Waals surface area contributed by atoms with Crippen LogP contribution in [0.3, 0.4) is 0 Å². The van der Waals surface area contributed by atoms with Gasteiger partial charge in [-0.05, 0) is 19.1 Å². The number of nitriles is 1. The normalized spacial score (nSPS) is 27.3. The van der Waals surface area contributed by atoms with E-state index in [9.17, 15) is 5.26 Å². The van der Waals surface area contributed by atoms with Gasteiger partial charge in [-0.3, -0.25) is 0 Å². The minimum Gasteiger partial charge on any atom is -0.495 e. The first kappa shape index (κ1) is 12.7. The van der Waals surface area contributed by atoms with Crippen molar-refractivity contribution in [3.05, 3.63) is 24.3 Å². The van der Waals surface area contributed by atoms with E-state index in [0.717, 1.165) is 11.4 Å². The second-order valence-corrected chi connectivity index (χ2v) is 4.65. The Morgan fingerprint density at radius 1 is 1.50 bits per heavy atom. The van der Waals surface area contributed by atoms with E-state index in [-0.39, 0.29) is 6.10 Å². The van der Waals surface area contributed by atoms with Gasteiger partial charge in [0.1, 0.15) is 11.3 Å². The third-order valence-corrected chi connectivity index (χ3v) is 3.26. The summed E-state index contributed by atoms with van der Waals surface area (Å²) in [5.41, 5.74) is 0.294. The minimum atomic E-state index is -0.563. The van der Waals surface area contributed by atoms with Crippen LogP contribution in [0.5, 0.6) is 5.75 Å². The highest BCUT2D eigenvalue weighted by atomic mass is 16.5. The largest absolute Gasteiger partial charge is 0.495 e. The summed E-state index contributed by atoms with van der Waals surface area (Å²) in [6.07, 6.45) is 1.47. The molecule has 2 atom stereocenters. The van der Waals surface area contributed by atoms with Crippen molar-refractivity contribution in [3.8, 4) is 11.8 Å².